The molecule has 0 atom stereocenters. The summed E-state index contributed by atoms with van der Waals surface area (Å²) in [5.74, 6) is 4.40. The lowest BCUT2D eigenvalue weighted by atomic mass is 9.63. The van der Waals surface area contributed by atoms with Crippen molar-refractivity contribution >= 4 is 25.2 Å². The van der Waals surface area contributed by atoms with Crippen molar-refractivity contribution in [2.75, 3.05) is 11.5 Å². The van der Waals surface area contributed by atoms with E-state index in [-0.39, 0.29) is 12.1 Å². The Labute approximate surface area is 182 Å². The average molecular weight is 410 g/mol. The molecular weight excluding hydrogens is 371 g/mol. The third-order valence-corrected chi connectivity index (χ3v) is 8.42. The summed E-state index contributed by atoms with van der Waals surface area (Å²) in [5, 5.41) is 0. The normalized spacial score (nSPS) is 34.9. The molecule has 3 aliphatic rings. The predicted molar refractivity (Wildman–Crippen MR) is 126 cm³/mol. The van der Waals surface area contributed by atoms with E-state index in [9.17, 15) is 4.79 Å². The number of ether oxygens (including phenoxy) is 1. The minimum absolute atomic E-state index is 0.0389. The van der Waals surface area contributed by atoms with Crippen LogP contribution in [-0.2, 0) is 4.74 Å². The Bertz CT molecular complexity index is 696. The number of nitrogen functional groups attached to an aromatic ring is 2. The lowest BCUT2D eigenvalue weighted by molar-refractivity contribution is 0.0101. The van der Waals surface area contributed by atoms with Gasteiger partial charge in [0.25, 0.3) is 0 Å². The maximum atomic E-state index is 12.5. The van der Waals surface area contributed by atoms with Crippen molar-refractivity contribution in [3.63, 3.8) is 0 Å². The first-order valence-corrected chi connectivity index (χ1v) is 12.3. The van der Waals surface area contributed by atoms with Crippen LogP contribution >= 0.6 is 0 Å². The number of benzene rings is 1. The highest BCUT2D eigenvalue weighted by molar-refractivity contribution is 6.11. The molecule has 0 spiro atoms. The number of hydrogen-bond acceptors (Lipinski definition) is 4. The number of anilines is 2. The fourth-order valence-electron chi connectivity index (χ4n) is 6.54. The van der Waals surface area contributed by atoms with E-state index in [1.807, 2.05) is 0 Å². The zero-order valence-electron chi connectivity index (χ0n) is 18.7. The molecule has 3 aliphatic carbocycles. The Morgan fingerprint density at radius 1 is 0.700 bits per heavy atom. The van der Waals surface area contributed by atoms with Gasteiger partial charge >= 0.3 is 5.97 Å². The van der Waals surface area contributed by atoms with Crippen molar-refractivity contribution in [3.05, 3.63) is 23.8 Å². The van der Waals surface area contributed by atoms with Gasteiger partial charge in [-0.1, -0.05) is 31.5 Å². The van der Waals surface area contributed by atoms with Gasteiger partial charge in [0.1, 0.15) is 14.0 Å². The van der Waals surface area contributed by atoms with Crippen LogP contribution in [0, 0.1) is 23.7 Å². The van der Waals surface area contributed by atoms with E-state index in [4.69, 9.17) is 16.2 Å². The lowest BCUT2D eigenvalue weighted by Crippen LogP contribution is -2.31. The maximum Gasteiger partial charge on any atom is 0.338 e. The van der Waals surface area contributed by atoms with E-state index in [1.54, 1.807) is 18.2 Å². The molecule has 0 heterocycles. The van der Waals surface area contributed by atoms with E-state index in [2.05, 4.69) is 7.85 Å². The lowest BCUT2D eigenvalue weighted by Gasteiger charge is -2.41. The number of carbonyl (C=O) groups is 1. The van der Waals surface area contributed by atoms with E-state index in [1.165, 1.54) is 64.2 Å². The predicted octanol–water partition coefficient (Wildman–Crippen LogP) is 4.98. The van der Waals surface area contributed by atoms with E-state index >= 15 is 0 Å². The molecule has 3 saturated carbocycles. The van der Waals surface area contributed by atoms with Crippen LogP contribution in [-0.4, -0.2) is 19.9 Å². The van der Waals surface area contributed by atoms with Gasteiger partial charge in [0.2, 0.25) is 0 Å². The Morgan fingerprint density at radius 2 is 1.10 bits per heavy atom. The third-order valence-electron chi connectivity index (χ3n) is 8.42. The average Bonchev–Trinajstić information content (AvgIpc) is 2.74. The molecule has 4 rings (SSSR count). The number of esters is 1. The first-order valence-electron chi connectivity index (χ1n) is 12.3. The SMILES string of the molecule is BC1CCC(C2CCC(C3CCC(OC(=O)c4cc(N)cc(N)c4)CC3)CC2)CC1. The quantitative estimate of drug-likeness (QED) is 0.417. The van der Waals surface area contributed by atoms with Crippen molar-refractivity contribution < 1.29 is 9.53 Å². The van der Waals surface area contributed by atoms with Crippen LogP contribution in [0.1, 0.15) is 87.4 Å². The number of carbonyl (C=O) groups excluding carboxylic acids is 1. The molecule has 1 aromatic rings. The second kappa shape index (κ2) is 9.66. The molecule has 164 valence electrons. The maximum absolute atomic E-state index is 12.5. The molecule has 1 aromatic carbocycles. The molecule has 0 unspecified atom stereocenters. The summed E-state index contributed by atoms with van der Waals surface area (Å²) in [6.07, 6.45) is 16.1. The van der Waals surface area contributed by atoms with E-state index < -0.39 is 0 Å². The minimum atomic E-state index is -0.292. The van der Waals surface area contributed by atoms with Crippen LogP contribution in [0.5, 0.6) is 0 Å². The molecule has 0 aliphatic heterocycles. The number of rotatable bonds is 4. The van der Waals surface area contributed by atoms with Crippen LogP contribution in [0.2, 0.25) is 5.82 Å². The topological polar surface area (TPSA) is 78.3 Å². The van der Waals surface area contributed by atoms with Gasteiger partial charge in [0.05, 0.1) is 5.56 Å². The third kappa shape index (κ3) is 5.33. The summed E-state index contributed by atoms with van der Waals surface area (Å²) in [4.78, 5) is 12.5. The largest absolute Gasteiger partial charge is 0.459 e. The molecule has 0 bridgehead atoms. The summed E-state index contributed by atoms with van der Waals surface area (Å²) < 4.78 is 5.78. The summed E-state index contributed by atoms with van der Waals surface area (Å²) in [6.45, 7) is 0. The summed E-state index contributed by atoms with van der Waals surface area (Å²) in [6, 6.07) is 4.96. The zero-order chi connectivity index (χ0) is 21.1. The van der Waals surface area contributed by atoms with Crippen molar-refractivity contribution in [2.45, 2.75) is 89.0 Å². The number of hydrogen-bond donors (Lipinski definition) is 2. The standard InChI is InChI=1S/C25H39BN2O2/c26-21-9-5-18(6-10-21)16-1-3-17(4-2-16)19-7-11-24(12-8-19)30-25(29)20-13-22(27)15-23(28)14-20/h13-19,21,24H,1-12,26-28H2. The Hall–Kier alpha value is -1.65. The van der Waals surface area contributed by atoms with Gasteiger partial charge in [-0.05, 0) is 93.2 Å². The molecule has 5 heteroatoms. The summed E-state index contributed by atoms with van der Waals surface area (Å²) in [5.41, 5.74) is 13.1. The molecule has 0 radical (unpaired) electrons. The van der Waals surface area contributed by atoms with Crippen LogP contribution in [0.3, 0.4) is 0 Å². The Balaban J connectivity index is 1.20. The van der Waals surface area contributed by atoms with Crippen LogP contribution in [0.15, 0.2) is 18.2 Å². The zero-order valence-corrected chi connectivity index (χ0v) is 18.7. The van der Waals surface area contributed by atoms with Crippen molar-refractivity contribution in [3.8, 4) is 0 Å². The fraction of sp³-hybridized carbons (Fsp3) is 0.720. The smallest absolute Gasteiger partial charge is 0.338 e. The van der Waals surface area contributed by atoms with Crippen molar-refractivity contribution in [1.29, 1.82) is 0 Å². The van der Waals surface area contributed by atoms with Crippen molar-refractivity contribution in [1.82, 2.24) is 0 Å². The molecule has 3 fully saturated rings. The first kappa shape index (κ1) is 21.6. The molecule has 0 aromatic heterocycles. The van der Waals surface area contributed by atoms with Gasteiger partial charge in [-0.15, -0.1) is 0 Å². The molecule has 4 N–H and O–H groups in total. The van der Waals surface area contributed by atoms with Gasteiger partial charge in [-0.2, -0.15) is 0 Å². The van der Waals surface area contributed by atoms with Crippen molar-refractivity contribution in [2.24, 2.45) is 23.7 Å². The highest BCUT2D eigenvalue weighted by atomic mass is 16.5. The van der Waals surface area contributed by atoms with Gasteiger partial charge in [0.15, 0.2) is 0 Å². The molecule has 0 saturated heterocycles. The van der Waals surface area contributed by atoms with Gasteiger partial charge in [0, 0.05) is 11.4 Å². The highest BCUT2D eigenvalue weighted by Crippen LogP contribution is 2.45. The molecule has 4 nitrogen and oxygen atoms in total. The fourth-order valence-corrected chi connectivity index (χ4v) is 6.54. The van der Waals surface area contributed by atoms with Gasteiger partial charge < -0.3 is 16.2 Å². The Morgan fingerprint density at radius 3 is 1.57 bits per heavy atom. The first-order chi connectivity index (χ1) is 14.5. The second-order valence-electron chi connectivity index (χ2n) is 10.5. The number of nitrogens with two attached hydrogens (primary N) is 2. The van der Waals surface area contributed by atoms with Crippen LogP contribution < -0.4 is 11.5 Å². The molecule has 30 heavy (non-hydrogen) atoms. The van der Waals surface area contributed by atoms with E-state index in [0.29, 0.717) is 16.9 Å². The van der Waals surface area contributed by atoms with E-state index in [0.717, 1.165) is 42.3 Å². The molecule has 0 amide bonds. The minimum Gasteiger partial charge on any atom is -0.459 e. The highest BCUT2D eigenvalue weighted by Gasteiger charge is 2.34. The summed E-state index contributed by atoms with van der Waals surface area (Å²) in [7, 11) is 2.42. The second-order valence-corrected chi connectivity index (χ2v) is 10.5. The van der Waals surface area contributed by atoms with Crippen LogP contribution in [0.4, 0.5) is 11.4 Å². The van der Waals surface area contributed by atoms with Gasteiger partial charge in [-0.3, -0.25) is 0 Å². The molecular formula is C25H39BN2O2. The van der Waals surface area contributed by atoms with Crippen LogP contribution in [0.25, 0.3) is 0 Å². The Kier molecular flexibility index (Phi) is 6.95. The van der Waals surface area contributed by atoms with Gasteiger partial charge in [-0.25, -0.2) is 4.79 Å². The summed E-state index contributed by atoms with van der Waals surface area (Å²) >= 11 is 0. The monoisotopic (exact) mass is 410 g/mol.